The van der Waals surface area contributed by atoms with E-state index < -0.39 is 0 Å². The second kappa shape index (κ2) is 4.72. The fourth-order valence-electron chi connectivity index (χ4n) is 4.07. The summed E-state index contributed by atoms with van der Waals surface area (Å²) in [6, 6.07) is -0.0792. The van der Waals surface area contributed by atoms with Gasteiger partial charge in [0.25, 0.3) is 0 Å². The zero-order valence-corrected chi connectivity index (χ0v) is 13.0. The summed E-state index contributed by atoms with van der Waals surface area (Å²) in [5.41, 5.74) is -0.180. The second-order valence-electron chi connectivity index (χ2n) is 6.00. The highest BCUT2D eigenvalue weighted by molar-refractivity contribution is 9.05. The zero-order valence-electron chi connectivity index (χ0n) is 10.7. The third kappa shape index (κ3) is 1.65. The van der Waals surface area contributed by atoms with Crippen molar-refractivity contribution in [3.8, 4) is 0 Å². The van der Waals surface area contributed by atoms with E-state index in [1.165, 1.54) is 25.7 Å². The summed E-state index contributed by atoms with van der Waals surface area (Å²) in [4.78, 5) is 12.8. The predicted molar refractivity (Wildman–Crippen MR) is 74.8 cm³/mol. The molecule has 2 bridgehead atoms. The smallest absolute Gasteiger partial charge is 0.228 e. The first-order chi connectivity index (χ1) is 8.62. The minimum Gasteiger partial charge on any atom is -0.228 e. The molecular formula is C13H21BrClN2O+. The van der Waals surface area contributed by atoms with E-state index in [0.29, 0.717) is 9.42 Å². The number of amides is 1. The molecule has 3 atom stereocenters. The summed E-state index contributed by atoms with van der Waals surface area (Å²) in [6.45, 7) is 0.901. The fraction of sp³-hybridized carbons (Fsp3) is 0.923. The molecule has 3 aliphatic rings. The van der Waals surface area contributed by atoms with Crippen LogP contribution in [0.5, 0.6) is 0 Å². The van der Waals surface area contributed by atoms with Gasteiger partial charge < -0.3 is 0 Å². The van der Waals surface area contributed by atoms with Crippen LogP contribution in [-0.4, -0.2) is 32.1 Å². The van der Waals surface area contributed by atoms with E-state index in [1.54, 1.807) is 0 Å². The monoisotopic (exact) mass is 335 g/mol. The van der Waals surface area contributed by atoms with Gasteiger partial charge in [0, 0.05) is 12.8 Å². The Morgan fingerprint density at radius 2 is 1.83 bits per heavy atom. The Balaban J connectivity index is 2.07. The Bertz CT molecular complexity index is 367. The Hall–Kier alpha value is 0.360. The minimum atomic E-state index is -0.180. The number of nitrogens with zero attached hydrogens (tertiary/aromatic N) is 2. The van der Waals surface area contributed by atoms with E-state index in [1.807, 2.05) is 4.42 Å². The van der Waals surface area contributed by atoms with Gasteiger partial charge >= 0.3 is 5.91 Å². The number of fused-ring (bicyclic) bond motifs is 1. The normalized spacial score (nSPS) is 46.1. The van der Waals surface area contributed by atoms with E-state index in [9.17, 15) is 4.79 Å². The lowest BCUT2D eigenvalue weighted by atomic mass is 9.93. The fourth-order valence-corrected chi connectivity index (χ4v) is 5.65. The molecule has 0 saturated carbocycles. The van der Waals surface area contributed by atoms with Crippen molar-refractivity contribution >= 4 is 33.8 Å². The molecule has 3 rings (SSSR count). The first-order valence-electron chi connectivity index (χ1n) is 7.19. The Morgan fingerprint density at radius 1 is 1.17 bits per heavy atom. The van der Waals surface area contributed by atoms with Crippen LogP contribution in [0, 0.1) is 0 Å². The van der Waals surface area contributed by atoms with Gasteiger partial charge in [0.1, 0.15) is 6.04 Å². The topological polar surface area (TPSA) is 20.3 Å². The van der Waals surface area contributed by atoms with Crippen molar-refractivity contribution in [2.75, 3.05) is 6.54 Å². The van der Waals surface area contributed by atoms with Crippen molar-refractivity contribution in [2.24, 2.45) is 0 Å². The average Bonchev–Trinajstić information content (AvgIpc) is 2.47. The molecule has 3 nitrogen and oxygen atoms in total. The second-order valence-corrected chi connectivity index (χ2v) is 7.57. The summed E-state index contributed by atoms with van der Waals surface area (Å²) in [7, 11) is 0. The number of hydrogen-bond acceptors (Lipinski definition) is 2. The standard InChI is InChI=1S/C13H21BrClN2O/c14-17-10-6-2-5-9-13(17)8-4-1-3-7-11(12(17)18)16(13)15/h11H,1-10H2/q+1. The van der Waals surface area contributed by atoms with E-state index in [4.69, 9.17) is 11.8 Å². The number of hydrogen-bond donors (Lipinski definition) is 0. The molecular weight excluding hydrogens is 316 g/mol. The van der Waals surface area contributed by atoms with Gasteiger partial charge in [0.05, 0.1) is 6.54 Å². The van der Waals surface area contributed by atoms with Gasteiger partial charge in [0.2, 0.25) is 16.1 Å². The number of carbonyl (C=O) groups is 1. The van der Waals surface area contributed by atoms with Gasteiger partial charge in [-0.15, -0.1) is 4.42 Å². The maximum absolute atomic E-state index is 12.8. The van der Waals surface area contributed by atoms with Crippen LogP contribution in [0.25, 0.3) is 0 Å². The molecule has 3 fully saturated rings. The lowest BCUT2D eigenvalue weighted by molar-refractivity contribution is -0.765. The van der Waals surface area contributed by atoms with Crippen LogP contribution in [0.4, 0.5) is 0 Å². The summed E-state index contributed by atoms with van der Waals surface area (Å²) in [5.74, 6) is 0.300. The van der Waals surface area contributed by atoms with Crippen molar-refractivity contribution < 1.29 is 8.30 Å². The first-order valence-corrected chi connectivity index (χ1v) is 8.24. The molecule has 0 aliphatic carbocycles. The summed E-state index contributed by atoms with van der Waals surface area (Å²) >= 11 is 10.5. The highest BCUT2D eigenvalue weighted by atomic mass is 79.9. The molecule has 3 heterocycles. The Labute approximate surface area is 122 Å². The van der Waals surface area contributed by atoms with Crippen LogP contribution in [0.15, 0.2) is 0 Å². The molecule has 0 aromatic rings. The van der Waals surface area contributed by atoms with Crippen molar-refractivity contribution in [1.29, 1.82) is 0 Å². The average molecular weight is 337 g/mol. The van der Waals surface area contributed by atoms with Gasteiger partial charge in [0.15, 0.2) is 5.66 Å². The highest BCUT2D eigenvalue weighted by Gasteiger charge is 2.69. The van der Waals surface area contributed by atoms with E-state index >= 15 is 0 Å². The minimum absolute atomic E-state index is 0.0792. The number of halogens is 2. The molecule has 18 heavy (non-hydrogen) atoms. The molecule has 102 valence electrons. The number of carbonyl (C=O) groups excluding carboxylic acids is 1. The van der Waals surface area contributed by atoms with Crippen LogP contribution in [0.3, 0.4) is 0 Å². The van der Waals surface area contributed by atoms with Gasteiger partial charge in [-0.05, 0) is 43.9 Å². The maximum Gasteiger partial charge on any atom is 0.344 e. The number of quaternary nitrogens is 1. The van der Waals surface area contributed by atoms with Crippen molar-refractivity contribution in [2.45, 2.75) is 69.5 Å². The molecule has 0 aromatic heterocycles. The Kier molecular flexibility index (Phi) is 3.50. The summed E-state index contributed by atoms with van der Waals surface area (Å²) in [5, 5.41) is 0. The van der Waals surface area contributed by atoms with Gasteiger partial charge in [-0.2, -0.15) is 3.51 Å². The molecule has 1 spiro atoms. The van der Waals surface area contributed by atoms with E-state index in [0.717, 1.165) is 38.6 Å². The first kappa shape index (κ1) is 13.3. The quantitative estimate of drug-likeness (QED) is 0.629. The molecule has 0 aromatic carbocycles. The van der Waals surface area contributed by atoms with E-state index in [2.05, 4.69) is 16.1 Å². The highest BCUT2D eigenvalue weighted by Crippen LogP contribution is 2.53. The predicted octanol–water partition coefficient (Wildman–Crippen LogP) is 3.71. The third-order valence-electron chi connectivity index (χ3n) is 5.06. The van der Waals surface area contributed by atoms with Crippen molar-refractivity contribution in [1.82, 2.24) is 4.42 Å². The van der Waals surface area contributed by atoms with Crippen LogP contribution in [-0.2, 0) is 4.79 Å². The summed E-state index contributed by atoms with van der Waals surface area (Å²) in [6.07, 6.45) is 10.1. The van der Waals surface area contributed by atoms with Crippen LogP contribution in [0.1, 0.15) is 57.8 Å². The molecule has 3 saturated heterocycles. The third-order valence-corrected chi connectivity index (χ3v) is 6.98. The van der Waals surface area contributed by atoms with Crippen LogP contribution >= 0.6 is 27.9 Å². The zero-order chi connectivity index (χ0) is 12.8. The Morgan fingerprint density at radius 3 is 2.56 bits per heavy atom. The van der Waals surface area contributed by atoms with Crippen molar-refractivity contribution in [3.63, 3.8) is 0 Å². The molecule has 3 unspecified atom stereocenters. The van der Waals surface area contributed by atoms with E-state index in [-0.39, 0.29) is 11.7 Å². The number of rotatable bonds is 0. The van der Waals surface area contributed by atoms with Crippen molar-refractivity contribution in [3.05, 3.63) is 0 Å². The molecule has 0 radical (unpaired) electrons. The lowest BCUT2D eigenvalue weighted by Gasteiger charge is -2.42. The van der Waals surface area contributed by atoms with Gasteiger partial charge in [-0.25, -0.2) is 4.79 Å². The molecule has 3 aliphatic heterocycles. The van der Waals surface area contributed by atoms with Gasteiger partial charge in [-0.3, -0.25) is 0 Å². The lowest BCUT2D eigenvalue weighted by Crippen LogP contribution is -2.59. The molecule has 1 amide bonds. The molecule has 5 heteroatoms. The SMILES string of the molecule is O=C1C2CCCCCC3(CCCCC[N+]13Br)N2Cl. The van der Waals surface area contributed by atoms with Crippen LogP contribution in [0.2, 0.25) is 0 Å². The van der Waals surface area contributed by atoms with Crippen LogP contribution < -0.4 is 0 Å². The maximum atomic E-state index is 12.8. The summed E-state index contributed by atoms with van der Waals surface area (Å²) < 4.78 is 2.31. The largest absolute Gasteiger partial charge is 0.344 e. The van der Waals surface area contributed by atoms with Gasteiger partial charge in [-0.1, -0.05) is 12.8 Å². The molecule has 0 N–H and O–H groups in total.